The predicted molar refractivity (Wildman–Crippen MR) is 96.6 cm³/mol. The van der Waals surface area contributed by atoms with Crippen LogP contribution in [-0.4, -0.2) is 22.6 Å². The molecule has 26 heavy (non-hydrogen) atoms. The summed E-state index contributed by atoms with van der Waals surface area (Å²) in [7, 11) is 1.14. The summed E-state index contributed by atoms with van der Waals surface area (Å²) < 4.78 is 5.82. The summed E-state index contributed by atoms with van der Waals surface area (Å²) in [5.74, 6) is -0.839. The van der Waals surface area contributed by atoms with E-state index >= 15 is 0 Å². The van der Waals surface area contributed by atoms with Crippen molar-refractivity contribution in [3.63, 3.8) is 0 Å². The van der Waals surface area contributed by atoms with Crippen molar-refractivity contribution in [1.82, 2.24) is 4.57 Å². The number of nitrogens with zero attached hydrogens (tertiary/aromatic N) is 3. The van der Waals surface area contributed by atoms with Crippen LogP contribution in [0.3, 0.4) is 0 Å². The lowest BCUT2D eigenvalue weighted by Crippen LogP contribution is -2.15. The summed E-state index contributed by atoms with van der Waals surface area (Å²) in [6.45, 7) is 5.68. The van der Waals surface area contributed by atoms with Crippen molar-refractivity contribution in [2.24, 2.45) is 0 Å². The lowest BCUT2D eigenvalue weighted by Gasteiger charge is -2.20. The van der Waals surface area contributed by atoms with Crippen LogP contribution in [0.15, 0.2) is 18.3 Å². The van der Waals surface area contributed by atoms with E-state index in [1.807, 2.05) is 26.8 Å². The number of rotatable bonds is 3. The molecule has 0 fully saturated rings. The number of hydrogen-bond acceptors (Lipinski definition) is 6. The summed E-state index contributed by atoms with van der Waals surface area (Å²) in [6.07, 6.45) is 1.23. The van der Waals surface area contributed by atoms with E-state index < -0.39 is 10.9 Å². The highest BCUT2D eigenvalue weighted by molar-refractivity contribution is 6.33. The van der Waals surface area contributed by atoms with Gasteiger partial charge in [-0.3, -0.25) is 10.1 Å². The second kappa shape index (κ2) is 6.69. The topological polar surface area (TPSA) is 124 Å². The molecule has 0 unspecified atom stereocenters. The van der Waals surface area contributed by atoms with E-state index in [1.165, 1.54) is 12.3 Å². The molecule has 0 bridgehead atoms. The van der Waals surface area contributed by atoms with Crippen LogP contribution in [0.1, 0.15) is 42.4 Å². The minimum absolute atomic E-state index is 0.0179. The highest BCUT2D eigenvalue weighted by Gasteiger charge is 2.30. The second-order valence-electron chi connectivity index (χ2n) is 6.61. The standard InChI is InChI=1S/C17H17ClN4O4/c1-17(2,3)10-5-11(18)14(12(6-10)22(24)25)21-8-9(7-19)13(20)15(21)16(23)26-4/h5-6,8H,20H2,1-4H3. The quantitative estimate of drug-likeness (QED) is 0.496. The van der Waals surface area contributed by atoms with Gasteiger partial charge in [0.1, 0.15) is 11.8 Å². The van der Waals surface area contributed by atoms with Gasteiger partial charge in [0.05, 0.1) is 28.3 Å². The average molecular weight is 377 g/mol. The molecule has 0 amide bonds. The maximum atomic E-state index is 12.1. The van der Waals surface area contributed by atoms with E-state index in [9.17, 15) is 20.2 Å². The zero-order chi connectivity index (χ0) is 19.8. The monoisotopic (exact) mass is 376 g/mol. The largest absolute Gasteiger partial charge is 0.464 e. The van der Waals surface area contributed by atoms with E-state index in [-0.39, 0.29) is 38.8 Å². The van der Waals surface area contributed by atoms with Crippen molar-refractivity contribution in [1.29, 1.82) is 5.26 Å². The van der Waals surface area contributed by atoms with Crippen LogP contribution in [0.25, 0.3) is 5.69 Å². The molecule has 0 aliphatic carbocycles. The number of ether oxygens (including phenoxy) is 1. The molecule has 1 aromatic carbocycles. The Labute approximate surface area is 154 Å². The van der Waals surface area contributed by atoms with E-state index in [2.05, 4.69) is 0 Å². The molecule has 8 nitrogen and oxygen atoms in total. The molecule has 0 saturated heterocycles. The summed E-state index contributed by atoms with van der Waals surface area (Å²) in [5.41, 5.74) is 5.40. The Morgan fingerprint density at radius 2 is 2.04 bits per heavy atom. The highest BCUT2D eigenvalue weighted by Crippen LogP contribution is 2.38. The smallest absolute Gasteiger partial charge is 0.357 e. The summed E-state index contributed by atoms with van der Waals surface area (Å²) in [6, 6.07) is 4.83. The number of nitrogens with two attached hydrogens (primary N) is 1. The normalized spacial score (nSPS) is 11.1. The number of nitro benzene ring substituents is 1. The molecule has 0 saturated carbocycles. The van der Waals surface area contributed by atoms with Gasteiger partial charge in [-0.2, -0.15) is 5.26 Å². The number of aromatic nitrogens is 1. The minimum Gasteiger partial charge on any atom is -0.464 e. The number of benzene rings is 1. The Morgan fingerprint density at radius 1 is 1.42 bits per heavy atom. The van der Waals surface area contributed by atoms with Crippen LogP contribution < -0.4 is 5.73 Å². The molecule has 0 spiro atoms. The van der Waals surface area contributed by atoms with Crippen molar-refractivity contribution in [2.75, 3.05) is 12.8 Å². The van der Waals surface area contributed by atoms with Crippen LogP contribution in [0.4, 0.5) is 11.4 Å². The Hall–Kier alpha value is -3.05. The minimum atomic E-state index is -0.839. The maximum Gasteiger partial charge on any atom is 0.357 e. The number of carbonyl (C=O) groups excluding carboxylic acids is 1. The van der Waals surface area contributed by atoms with E-state index in [4.69, 9.17) is 22.1 Å². The molecule has 2 aromatic rings. The van der Waals surface area contributed by atoms with Crippen molar-refractivity contribution in [3.05, 3.63) is 50.3 Å². The molecule has 1 aromatic heterocycles. The Kier molecular flexibility index (Phi) is 4.96. The molecule has 0 radical (unpaired) electrons. The van der Waals surface area contributed by atoms with Gasteiger partial charge < -0.3 is 15.0 Å². The maximum absolute atomic E-state index is 12.1. The highest BCUT2D eigenvalue weighted by atomic mass is 35.5. The van der Waals surface area contributed by atoms with E-state index in [1.54, 1.807) is 6.07 Å². The summed E-state index contributed by atoms with van der Waals surface area (Å²) in [5, 5.41) is 20.9. The molecule has 2 N–H and O–H groups in total. The van der Waals surface area contributed by atoms with Crippen LogP contribution in [0.2, 0.25) is 5.02 Å². The number of esters is 1. The zero-order valence-electron chi connectivity index (χ0n) is 14.7. The molecule has 9 heteroatoms. The Balaban J connectivity index is 2.92. The molecule has 1 heterocycles. The lowest BCUT2D eigenvalue weighted by molar-refractivity contribution is -0.384. The number of halogens is 1. The first-order valence-electron chi connectivity index (χ1n) is 7.51. The number of anilines is 1. The van der Waals surface area contributed by atoms with Gasteiger partial charge in [0.15, 0.2) is 5.69 Å². The molecule has 0 aliphatic rings. The van der Waals surface area contributed by atoms with Crippen LogP contribution in [-0.2, 0) is 10.2 Å². The first-order valence-corrected chi connectivity index (χ1v) is 7.88. The molecule has 0 atom stereocenters. The number of nitrogen functional groups attached to an aromatic ring is 1. The summed E-state index contributed by atoms with van der Waals surface area (Å²) >= 11 is 6.34. The zero-order valence-corrected chi connectivity index (χ0v) is 15.4. The van der Waals surface area contributed by atoms with Crippen molar-refractivity contribution >= 4 is 28.9 Å². The summed E-state index contributed by atoms with van der Waals surface area (Å²) in [4.78, 5) is 23.2. The van der Waals surface area contributed by atoms with Gasteiger partial charge in [-0.15, -0.1) is 0 Å². The molecule has 2 rings (SSSR count). The van der Waals surface area contributed by atoms with Crippen LogP contribution in [0, 0.1) is 21.4 Å². The number of hydrogen-bond donors (Lipinski definition) is 1. The number of nitro groups is 1. The third-order valence-corrected chi connectivity index (χ3v) is 4.18. The fourth-order valence-corrected chi connectivity index (χ4v) is 2.79. The van der Waals surface area contributed by atoms with Crippen molar-refractivity contribution in [2.45, 2.75) is 26.2 Å². The van der Waals surface area contributed by atoms with Crippen LogP contribution in [0.5, 0.6) is 0 Å². The second-order valence-corrected chi connectivity index (χ2v) is 7.02. The van der Waals surface area contributed by atoms with Gasteiger partial charge in [-0.25, -0.2) is 4.79 Å². The van der Waals surface area contributed by atoms with Gasteiger partial charge in [0, 0.05) is 12.3 Å². The van der Waals surface area contributed by atoms with Crippen molar-refractivity contribution in [3.8, 4) is 11.8 Å². The van der Waals surface area contributed by atoms with Crippen molar-refractivity contribution < 1.29 is 14.5 Å². The van der Waals surface area contributed by atoms with Gasteiger partial charge in [0.2, 0.25) is 0 Å². The molecular formula is C17H17ClN4O4. The number of methoxy groups -OCH3 is 1. The van der Waals surface area contributed by atoms with Gasteiger partial charge in [-0.1, -0.05) is 32.4 Å². The lowest BCUT2D eigenvalue weighted by atomic mass is 9.86. The molecule has 136 valence electrons. The first kappa shape index (κ1) is 19.3. The SMILES string of the molecule is COC(=O)c1c(N)c(C#N)cn1-c1c(Cl)cc(C(C)(C)C)cc1[N+](=O)[O-]. The van der Waals surface area contributed by atoms with Gasteiger partial charge >= 0.3 is 5.97 Å². The molecular weight excluding hydrogens is 360 g/mol. The third kappa shape index (κ3) is 3.21. The van der Waals surface area contributed by atoms with E-state index in [0.717, 1.165) is 11.7 Å². The first-order chi connectivity index (χ1) is 12.0. The Morgan fingerprint density at radius 3 is 2.50 bits per heavy atom. The average Bonchev–Trinajstić information content (AvgIpc) is 2.88. The van der Waals surface area contributed by atoms with Gasteiger partial charge in [-0.05, 0) is 17.0 Å². The number of carbonyl (C=O) groups is 1. The number of nitriles is 1. The van der Waals surface area contributed by atoms with Crippen LogP contribution >= 0.6 is 11.6 Å². The molecule has 0 aliphatic heterocycles. The third-order valence-electron chi connectivity index (χ3n) is 3.89. The fraction of sp³-hybridized carbons (Fsp3) is 0.294. The predicted octanol–water partition coefficient (Wildman–Crippen LogP) is 3.58. The van der Waals surface area contributed by atoms with Gasteiger partial charge in [0.25, 0.3) is 5.69 Å². The van der Waals surface area contributed by atoms with E-state index in [0.29, 0.717) is 5.56 Å². The fourth-order valence-electron chi connectivity index (χ4n) is 2.49. The Bertz CT molecular complexity index is 951.